The number of piperidine rings is 1. The molecule has 0 spiro atoms. The van der Waals surface area contributed by atoms with Crippen molar-refractivity contribution in [3.05, 3.63) is 42.5 Å². The molecule has 0 aliphatic carbocycles. The smallest absolute Gasteiger partial charge is 0.257 e. The predicted molar refractivity (Wildman–Crippen MR) is 124 cm³/mol. The number of rotatable bonds is 8. The molecule has 1 saturated heterocycles. The van der Waals surface area contributed by atoms with Crippen LogP contribution in [0.25, 0.3) is 11.4 Å². The minimum atomic E-state index is -2.54. The Morgan fingerprint density at radius 2 is 2.19 bits per heavy atom. The molecule has 3 atom stereocenters. The van der Waals surface area contributed by atoms with Gasteiger partial charge in [0, 0.05) is 24.7 Å². The molecule has 1 fully saturated rings. The van der Waals surface area contributed by atoms with Crippen LogP contribution in [0, 0.1) is 11.3 Å². The molecular weight excluding hydrogens is 493 g/mol. The molecule has 1 amide bonds. The van der Waals surface area contributed by atoms with E-state index in [1.165, 1.54) is 42.7 Å². The Labute approximate surface area is 209 Å². The highest BCUT2D eigenvalue weighted by molar-refractivity contribution is 5.80. The van der Waals surface area contributed by atoms with E-state index >= 15 is 0 Å². The Morgan fingerprint density at radius 3 is 2.89 bits per heavy atom. The minimum absolute atomic E-state index is 0.135. The first-order valence-electron chi connectivity index (χ1n) is 11.3. The number of carbonyl (C=O) groups excluding carboxylic acids is 1. The van der Waals surface area contributed by atoms with Crippen molar-refractivity contribution >= 4 is 17.5 Å². The van der Waals surface area contributed by atoms with Gasteiger partial charge in [-0.05, 0) is 25.1 Å². The van der Waals surface area contributed by atoms with Crippen LogP contribution in [0.3, 0.4) is 0 Å². The van der Waals surface area contributed by atoms with Gasteiger partial charge >= 0.3 is 0 Å². The molecule has 1 unspecified atom stereocenters. The Morgan fingerprint density at radius 1 is 1.38 bits per heavy atom. The van der Waals surface area contributed by atoms with Crippen molar-refractivity contribution in [1.82, 2.24) is 29.6 Å². The molecular formula is C23H23F3N8O3. The van der Waals surface area contributed by atoms with Crippen molar-refractivity contribution in [2.75, 3.05) is 18.4 Å². The summed E-state index contributed by atoms with van der Waals surface area (Å²) in [6.07, 6.45) is -1.92. The normalized spacial score (nSPS) is 18.4. The number of nitrogens with zero attached hydrogens (tertiary/aromatic N) is 7. The van der Waals surface area contributed by atoms with Crippen LogP contribution in [-0.4, -0.2) is 78.5 Å². The predicted octanol–water partition coefficient (Wildman–Crippen LogP) is 2.31. The van der Waals surface area contributed by atoms with Crippen LogP contribution in [0.15, 0.2) is 36.9 Å². The third-order valence-electron chi connectivity index (χ3n) is 5.57. The molecule has 1 aliphatic rings. The van der Waals surface area contributed by atoms with Crippen molar-refractivity contribution in [2.24, 2.45) is 0 Å². The summed E-state index contributed by atoms with van der Waals surface area (Å²) in [7, 11) is 0. The second-order valence-electron chi connectivity index (χ2n) is 8.34. The largest absolute Gasteiger partial charge is 0.486 e. The lowest BCUT2D eigenvalue weighted by Gasteiger charge is -2.35. The quantitative estimate of drug-likeness (QED) is 0.461. The number of likely N-dealkylation sites (tertiary alicyclic amines) is 1. The molecule has 37 heavy (non-hydrogen) atoms. The Balaban J connectivity index is 1.45. The second-order valence-corrected chi connectivity index (χ2v) is 8.34. The maximum absolute atomic E-state index is 14.7. The SMILES string of the molecule is CC(O)C(=O)N1CC[C@H](Oc2ccc(-c3ncnc(Nc4cnn(CC(F)F)c4)n3)cc2C#N)[C@H](F)C1. The maximum Gasteiger partial charge on any atom is 0.257 e. The topological polar surface area (TPSA) is 142 Å². The average Bonchev–Trinajstić information content (AvgIpc) is 3.30. The van der Waals surface area contributed by atoms with E-state index in [0.717, 1.165) is 4.68 Å². The van der Waals surface area contributed by atoms with E-state index in [1.807, 2.05) is 6.07 Å². The van der Waals surface area contributed by atoms with Gasteiger partial charge in [-0.25, -0.2) is 23.1 Å². The number of amides is 1. The van der Waals surface area contributed by atoms with Crippen molar-refractivity contribution in [2.45, 2.75) is 44.7 Å². The van der Waals surface area contributed by atoms with E-state index in [2.05, 4.69) is 25.4 Å². The third-order valence-corrected chi connectivity index (χ3v) is 5.57. The zero-order valence-corrected chi connectivity index (χ0v) is 19.6. The number of ether oxygens (including phenoxy) is 1. The van der Waals surface area contributed by atoms with Gasteiger partial charge in [-0.3, -0.25) is 9.48 Å². The van der Waals surface area contributed by atoms with Gasteiger partial charge in [-0.2, -0.15) is 15.3 Å². The van der Waals surface area contributed by atoms with Crippen LogP contribution in [0.5, 0.6) is 5.75 Å². The summed E-state index contributed by atoms with van der Waals surface area (Å²) in [6.45, 7) is 0.791. The van der Waals surface area contributed by atoms with Crippen LogP contribution in [0.4, 0.5) is 24.8 Å². The summed E-state index contributed by atoms with van der Waals surface area (Å²) in [4.78, 5) is 25.6. The first-order chi connectivity index (χ1) is 17.7. The van der Waals surface area contributed by atoms with E-state index in [-0.39, 0.29) is 42.6 Å². The molecule has 14 heteroatoms. The Bertz CT molecular complexity index is 1300. The number of carbonyl (C=O) groups is 1. The molecule has 4 rings (SSSR count). The highest BCUT2D eigenvalue weighted by atomic mass is 19.3. The number of hydrogen-bond acceptors (Lipinski definition) is 9. The van der Waals surface area contributed by atoms with Gasteiger partial charge in [-0.1, -0.05) is 0 Å². The Hall–Kier alpha value is -4.25. The van der Waals surface area contributed by atoms with Crippen LogP contribution in [-0.2, 0) is 11.3 Å². The van der Waals surface area contributed by atoms with E-state index in [9.17, 15) is 28.3 Å². The van der Waals surface area contributed by atoms with Gasteiger partial charge in [0.1, 0.15) is 36.9 Å². The molecule has 11 nitrogen and oxygen atoms in total. The molecule has 0 bridgehead atoms. The fourth-order valence-electron chi connectivity index (χ4n) is 3.80. The number of nitriles is 1. The molecule has 2 aromatic heterocycles. The molecule has 1 aromatic carbocycles. The van der Waals surface area contributed by atoms with Crippen molar-refractivity contribution in [3.63, 3.8) is 0 Å². The van der Waals surface area contributed by atoms with Gasteiger partial charge in [0.05, 0.1) is 24.0 Å². The molecule has 3 aromatic rings. The van der Waals surface area contributed by atoms with E-state index in [0.29, 0.717) is 11.3 Å². The van der Waals surface area contributed by atoms with Gasteiger partial charge < -0.3 is 20.1 Å². The van der Waals surface area contributed by atoms with Crippen LogP contribution in [0.2, 0.25) is 0 Å². The number of benzene rings is 1. The van der Waals surface area contributed by atoms with Gasteiger partial charge in [0.15, 0.2) is 12.0 Å². The minimum Gasteiger partial charge on any atom is -0.486 e. The van der Waals surface area contributed by atoms with E-state index < -0.39 is 37.3 Å². The number of alkyl halides is 3. The summed E-state index contributed by atoms with van der Waals surface area (Å²) >= 11 is 0. The van der Waals surface area contributed by atoms with Crippen molar-refractivity contribution in [3.8, 4) is 23.2 Å². The van der Waals surface area contributed by atoms with E-state index in [1.54, 1.807) is 6.07 Å². The highest BCUT2D eigenvalue weighted by Crippen LogP contribution is 2.28. The lowest BCUT2D eigenvalue weighted by Crippen LogP contribution is -2.51. The summed E-state index contributed by atoms with van der Waals surface area (Å²) in [5.41, 5.74) is 1.01. The zero-order valence-electron chi connectivity index (χ0n) is 19.6. The van der Waals surface area contributed by atoms with E-state index in [4.69, 9.17) is 4.74 Å². The lowest BCUT2D eigenvalue weighted by molar-refractivity contribution is -0.143. The number of aromatic nitrogens is 5. The maximum atomic E-state index is 14.7. The number of halogens is 3. The molecule has 1 aliphatic heterocycles. The zero-order chi connectivity index (χ0) is 26.5. The standard InChI is InChI=1S/C23H23F3N8O3/c1-13(35)22(36)33-5-4-19(17(24)10-33)37-18-3-2-14(6-15(18)7-27)21-28-12-29-23(32-21)31-16-8-30-34(9-16)11-20(25)26/h2-3,6,8-9,12-13,17,19-20,35H,4-5,10-11H2,1H3,(H,28,29,31,32)/t13?,17-,19+/m1/s1. The molecule has 0 saturated carbocycles. The van der Waals surface area contributed by atoms with Crippen molar-refractivity contribution in [1.29, 1.82) is 5.26 Å². The third kappa shape index (κ3) is 6.31. The molecule has 194 valence electrons. The number of aliphatic hydroxyl groups is 1. The highest BCUT2D eigenvalue weighted by Gasteiger charge is 2.34. The fraction of sp³-hybridized carbons (Fsp3) is 0.391. The van der Waals surface area contributed by atoms with Gasteiger partial charge in [0.2, 0.25) is 5.95 Å². The molecule has 0 radical (unpaired) electrons. The van der Waals surface area contributed by atoms with Crippen molar-refractivity contribution < 1.29 is 27.8 Å². The summed E-state index contributed by atoms with van der Waals surface area (Å²) in [5, 5.41) is 25.8. The number of nitrogens with one attached hydrogen (secondary N) is 1. The molecule has 2 N–H and O–H groups in total. The molecule has 3 heterocycles. The van der Waals surface area contributed by atoms with Crippen LogP contribution in [0.1, 0.15) is 18.9 Å². The number of anilines is 2. The fourth-order valence-corrected chi connectivity index (χ4v) is 3.80. The number of aliphatic hydroxyl groups excluding tert-OH is 1. The summed E-state index contributed by atoms with van der Waals surface area (Å²) in [5.74, 6) is -0.00235. The number of hydrogen-bond donors (Lipinski definition) is 2. The van der Waals surface area contributed by atoms with Crippen LogP contribution >= 0.6 is 0 Å². The Kier molecular flexibility index (Phi) is 7.83. The van der Waals surface area contributed by atoms with Crippen LogP contribution < -0.4 is 10.1 Å². The first kappa shape index (κ1) is 25.8. The summed E-state index contributed by atoms with van der Waals surface area (Å²) in [6, 6.07) is 6.63. The first-order valence-corrected chi connectivity index (χ1v) is 11.3. The monoisotopic (exact) mass is 516 g/mol. The van der Waals surface area contributed by atoms with Gasteiger partial charge in [0.25, 0.3) is 12.3 Å². The lowest BCUT2D eigenvalue weighted by atomic mass is 10.0. The van der Waals surface area contributed by atoms with Gasteiger partial charge in [-0.15, -0.1) is 0 Å². The summed E-state index contributed by atoms with van der Waals surface area (Å²) < 4.78 is 46.6. The second kappa shape index (κ2) is 11.2. The average molecular weight is 516 g/mol.